The molecule has 1 N–H and O–H groups in total. The quantitative estimate of drug-likeness (QED) is 0.646. The van der Waals surface area contributed by atoms with Gasteiger partial charge in [-0.25, -0.2) is 4.98 Å². The Bertz CT molecular complexity index is 229. The lowest BCUT2D eigenvalue weighted by atomic mass is 10.2. The highest BCUT2D eigenvalue weighted by atomic mass is 16.5. The number of ether oxygens (including phenoxy) is 1. The highest BCUT2D eigenvalue weighted by Crippen LogP contribution is 2.02. The molecule has 0 aliphatic carbocycles. The first-order chi connectivity index (χ1) is 5.20. The van der Waals surface area contributed by atoms with Crippen molar-refractivity contribution >= 4 is 5.97 Å². The zero-order valence-electron chi connectivity index (χ0n) is 6.50. The molecule has 0 spiro atoms. The SMILES string of the molecule is CC(C)C(=O)Oc1ncc[nH]1. The molecular formula is C7H10N2O2. The van der Waals surface area contributed by atoms with Gasteiger partial charge in [-0.3, -0.25) is 4.79 Å². The summed E-state index contributed by atoms with van der Waals surface area (Å²) >= 11 is 0. The summed E-state index contributed by atoms with van der Waals surface area (Å²) in [5.41, 5.74) is 0. The number of imidazole rings is 1. The number of aromatic amines is 1. The molecule has 0 aliphatic rings. The molecule has 1 rings (SSSR count). The van der Waals surface area contributed by atoms with Gasteiger partial charge in [0, 0.05) is 12.4 Å². The van der Waals surface area contributed by atoms with Gasteiger partial charge in [0.15, 0.2) is 0 Å². The molecule has 0 atom stereocenters. The molecule has 1 aromatic rings. The minimum absolute atomic E-state index is 0.125. The average molecular weight is 154 g/mol. The monoisotopic (exact) mass is 154 g/mol. The van der Waals surface area contributed by atoms with Crippen LogP contribution in [0.4, 0.5) is 0 Å². The number of carbonyl (C=O) groups excluding carboxylic acids is 1. The number of carbonyl (C=O) groups is 1. The van der Waals surface area contributed by atoms with Gasteiger partial charge in [-0.05, 0) is 0 Å². The van der Waals surface area contributed by atoms with Gasteiger partial charge >= 0.3 is 12.0 Å². The van der Waals surface area contributed by atoms with E-state index in [2.05, 4.69) is 9.97 Å². The molecule has 0 unspecified atom stereocenters. The second-order valence-electron chi connectivity index (χ2n) is 2.47. The van der Waals surface area contributed by atoms with Gasteiger partial charge in [0.25, 0.3) is 0 Å². The first kappa shape index (κ1) is 7.78. The van der Waals surface area contributed by atoms with Crippen LogP contribution >= 0.6 is 0 Å². The minimum Gasteiger partial charge on any atom is -0.392 e. The lowest BCUT2D eigenvalue weighted by Crippen LogP contribution is -2.15. The van der Waals surface area contributed by atoms with Crippen LogP contribution < -0.4 is 4.74 Å². The minimum atomic E-state index is -0.278. The predicted molar refractivity (Wildman–Crippen MR) is 39.1 cm³/mol. The molecular weight excluding hydrogens is 144 g/mol. The van der Waals surface area contributed by atoms with Crippen molar-refractivity contribution in [2.24, 2.45) is 5.92 Å². The van der Waals surface area contributed by atoms with Crippen LogP contribution in [0.1, 0.15) is 13.8 Å². The molecule has 1 heterocycles. The topological polar surface area (TPSA) is 55.0 Å². The average Bonchev–Trinajstić information content (AvgIpc) is 2.39. The van der Waals surface area contributed by atoms with Crippen LogP contribution in [-0.2, 0) is 4.79 Å². The van der Waals surface area contributed by atoms with Crippen LogP contribution in [0.3, 0.4) is 0 Å². The first-order valence-corrected chi connectivity index (χ1v) is 3.41. The number of esters is 1. The highest BCUT2D eigenvalue weighted by molar-refractivity contribution is 5.73. The number of H-pyrrole nitrogens is 1. The van der Waals surface area contributed by atoms with Crippen LogP contribution in [0.15, 0.2) is 12.4 Å². The summed E-state index contributed by atoms with van der Waals surface area (Å²) < 4.78 is 4.81. The Morgan fingerprint density at radius 1 is 1.73 bits per heavy atom. The van der Waals surface area contributed by atoms with E-state index in [-0.39, 0.29) is 17.9 Å². The van der Waals surface area contributed by atoms with Gasteiger partial charge in [-0.15, -0.1) is 0 Å². The third kappa shape index (κ3) is 2.07. The van der Waals surface area contributed by atoms with E-state index >= 15 is 0 Å². The molecule has 4 heteroatoms. The van der Waals surface area contributed by atoms with Gasteiger partial charge in [-0.1, -0.05) is 13.8 Å². The summed E-state index contributed by atoms with van der Waals surface area (Å²) in [5, 5.41) is 0. The fourth-order valence-electron chi connectivity index (χ4n) is 0.520. The van der Waals surface area contributed by atoms with Crippen molar-refractivity contribution in [3.05, 3.63) is 12.4 Å². The van der Waals surface area contributed by atoms with Gasteiger partial charge < -0.3 is 9.72 Å². The number of rotatable bonds is 2. The van der Waals surface area contributed by atoms with E-state index in [0.717, 1.165) is 0 Å². The van der Waals surface area contributed by atoms with Gasteiger partial charge in [0.1, 0.15) is 0 Å². The lowest BCUT2D eigenvalue weighted by Gasteiger charge is -2.01. The van der Waals surface area contributed by atoms with E-state index in [4.69, 9.17) is 4.74 Å². The van der Waals surface area contributed by atoms with Crippen molar-refractivity contribution < 1.29 is 9.53 Å². The Morgan fingerprint density at radius 2 is 2.45 bits per heavy atom. The molecule has 1 aromatic heterocycles. The molecule has 0 bridgehead atoms. The Hall–Kier alpha value is -1.32. The van der Waals surface area contributed by atoms with E-state index in [1.54, 1.807) is 20.0 Å². The maximum absolute atomic E-state index is 10.9. The smallest absolute Gasteiger partial charge is 0.316 e. The Balaban J connectivity index is 2.50. The zero-order chi connectivity index (χ0) is 8.27. The summed E-state index contributed by atoms with van der Waals surface area (Å²) in [7, 11) is 0. The molecule has 11 heavy (non-hydrogen) atoms. The van der Waals surface area contributed by atoms with Crippen LogP contribution in [-0.4, -0.2) is 15.9 Å². The summed E-state index contributed by atoms with van der Waals surface area (Å²) in [6, 6.07) is 0.253. The Morgan fingerprint density at radius 3 is 2.91 bits per heavy atom. The van der Waals surface area contributed by atoms with E-state index in [9.17, 15) is 4.79 Å². The summed E-state index contributed by atoms with van der Waals surface area (Å²) in [4.78, 5) is 17.3. The largest absolute Gasteiger partial charge is 0.392 e. The van der Waals surface area contributed by atoms with E-state index in [0.29, 0.717) is 0 Å². The van der Waals surface area contributed by atoms with Crippen molar-refractivity contribution in [1.29, 1.82) is 0 Å². The maximum Gasteiger partial charge on any atom is 0.316 e. The number of aromatic nitrogens is 2. The van der Waals surface area contributed by atoms with Gasteiger partial charge in [0.2, 0.25) is 0 Å². The molecule has 60 valence electrons. The zero-order valence-corrected chi connectivity index (χ0v) is 6.50. The van der Waals surface area contributed by atoms with Crippen LogP contribution in [0.2, 0.25) is 0 Å². The molecule has 0 aliphatic heterocycles. The van der Waals surface area contributed by atoms with E-state index in [1.165, 1.54) is 6.20 Å². The summed E-state index contributed by atoms with van der Waals surface area (Å²) in [6.45, 7) is 3.54. The van der Waals surface area contributed by atoms with Crippen molar-refractivity contribution in [1.82, 2.24) is 9.97 Å². The van der Waals surface area contributed by atoms with Crippen molar-refractivity contribution in [2.75, 3.05) is 0 Å². The molecule has 0 fully saturated rings. The van der Waals surface area contributed by atoms with Crippen LogP contribution in [0.25, 0.3) is 0 Å². The Labute approximate surface area is 64.6 Å². The van der Waals surface area contributed by atoms with Crippen molar-refractivity contribution in [3.63, 3.8) is 0 Å². The van der Waals surface area contributed by atoms with Crippen molar-refractivity contribution in [2.45, 2.75) is 13.8 Å². The van der Waals surface area contributed by atoms with Crippen LogP contribution in [0, 0.1) is 5.92 Å². The molecule has 0 amide bonds. The summed E-state index contributed by atoms with van der Waals surface area (Å²) in [5.74, 6) is -0.403. The van der Waals surface area contributed by atoms with Crippen LogP contribution in [0.5, 0.6) is 6.01 Å². The molecule has 0 saturated heterocycles. The normalized spacial score (nSPS) is 10.1. The number of nitrogens with zero attached hydrogens (tertiary/aromatic N) is 1. The number of nitrogens with one attached hydrogen (secondary N) is 1. The third-order valence-corrected chi connectivity index (χ3v) is 1.14. The molecule has 0 aromatic carbocycles. The van der Waals surface area contributed by atoms with E-state index in [1.807, 2.05) is 0 Å². The van der Waals surface area contributed by atoms with Gasteiger partial charge in [-0.2, -0.15) is 0 Å². The second-order valence-corrected chi connectivity index (χ2v) is 2.47. The number of hydrogen-bond acceptors (Lipinski definition) is 3. The molecule has 4 nitrogen and oxygen atoms in total. The van der Waals surface area contributed by atoms with E-state index < -0.39 is 0 Å². The van der Waals surface area contributed by atoms with Gasteiger partial charge in [0.05, 0.1) is 5.92 Å². The highest BCUT2D eigenvalue weighted by Gasteiger charge is 2.09. The third-order valence-electron chi connectivity index (χ3n) is 1.14. The standard InChI is InChI=1S/C7H10N2O2/c1-5(2)6(10)11-7-8-3-4-9-7/h3-5H,1-2H3,(H,8,9). The molecule has 0 radical (unpaired) electrons. The lowest BCUT2D eigenvalue weighted by molar-refractivity contribution is -0.138. The fraction of sp³-hybridized carbons (Fsp3) is 0.429. The van der Waals surface area contributed by atoms with Crippen molar-refractivity contribution in [3.8, 4) is 6.01 Å². The first-order valence-electron chi connectivity index (χ1n) is 3.41. The second kappa shape index (κ2) is 3.18. The molecule has 0 saturated carbocycles. The maximum atomic E-state index is 10.9. The predicted octanol–water partition coefficient (Wildman–Crippen LogP) is 0.971. The number of hydrogen-bond donors (Lipinski definition) is 1. The fourth-order valence-corrected chi connectivity index (χ4v) is 0.520. The summed E-state index contributed by atoms with van der Waals surface area (Å²) in [6.07, 6.45) is 3.13. The Kier molecular flexibility index (Phi) is 2.25.